The Kier molecular flexibility index (Phi) is 5.48. The molecule has 1 rings (SSSR count). The number of rotatable bonds is 5. The largest absolute Gasteiger partial charge is 0.336 e. The summed E-state index contributed by atoms with van der Waals surface area (Å²) in [4.78, 5) is 1.99. The van der Waals surface area contributed by atoms with Gasteiger partial charge in [0.25, 0.3) is 0 Å². The van der Waals surface area contributed by atoms with Gasteiger partial charge in [-0.25, -0.2) is 0 Å². The van der Waals surface area contributed by atoms with Crippen LogP contribution in [-0.4, -0.2) is 39.3 Å². The topological polar surface area (TPSA) is 18.8 Å². The average molecular weight is 287 g/mol. The van der Waals surface area contributed by atoms with Crippen LogP contribution in [0.1, 0.15) is 33.1 Å². The molecule has 6 heteroatoms. The molecule has 0 saturated heterocycles. The van der Waals surface area contributed by atoms with Crippen LogP contribution in [0.3, 0.4) is 0 Å². The highest BCUT2D eigenvalue weighted by atomic mass is 35.6. The first-order valence-electron chi connectivity index (χ1n) is 5.64. The maximum atomic E-state index is 6.01. The van der Waals surface area contributed by atoms with E-state index in [-0.39, 0.29) is 6.17 Å². The van der Waals surface area contributed by atoms with Gasteiger partial charge in [-0.3, -0.25) is 5.01 Å². The van der Waals surface area contributed by atoms with Crippen molar-refractivity contribution in [2.45, 2.75) is 43.1 Å². The Labute approximate surface area is 112 Å². The molecule has 94 valence electrons. The van der Waals surface area contributed by atoms with Crippen LogP contribution in [0.4, 0.5) is 0 Å². The Morgan fingerprint density at radius 2 is 1.88 bits per heavy atom. The summed E-state index contributed by atoms with van der Waals surface area (Å²) < 4.78 is -1.33. The van der Waals surface area contributed by atoms with Gasteiger partial charge < -0.3 is 4.90 Å². The molecule has 1 aliphatic heterocycles. The molecular weight excluding hydrogens is 268 g/mol. The van der Waals surface area contributed by atoms with Gasteiger partial charge in [0.15, 0.2) is 6.17 Å². The lowest BCUT2D eigenvalue weighted by Gasteiger charge is -2.35. The second-order valence-corrected chi connectivity index (χ2v) is 6.27. The van der Waals surface area contributed by atoms with E-state index < -0.39 is 3.79 Å². The molecule has 0 aromatic heterocycles. The summed E-state index contributed by atoms with van der Waals surface area (Å²) in [6.07, 6.45) is 4.65. The highest BCUT2D eigenvalue weighted by Gasteiger charge is 2.43. The maximum Gasteiger partial charge on any atom is 0.230 e. The first-order chi connectivity index (χ1) is 7.50. The molecule has 0 amide bonds. The molecular formula is C10H18Cl3N3. The highest BCUT2D eigenvalue weighted by molar-refractivity contribution is 6.68. The zero-order valence-electron chi connectivity index (χ0n) is 9.67. The molecule has 0 radical (unpaired) electrons. The summed E-state index contributed by atoms with van der Waals surface area (Å²) in [7, 11) is 0. The van der Waals surface area contributed by atoms with Crippen LogP contribution < -0.4 is 0 Å². The Morgan fingerprint density at radius 1 is 1.19 bits per heavy atom. The van der Waals surface area contributed by atoms with Crippen molar-refractivity contribution >= 4 is 41.1 Å². The van der Waals surface area contributed by atoms with Crippen molar-refractivity contribution in [1.29, 1.82) is 0 Å². The second-order valence-electron chi connectivity index (χ2n) is 3.90. The molecule has 0 aliphatic carbocycles. The molecule has 3 nitrogen and oxygen atoms in total. The van der Waals surface area contributed by atoms with Gasteiger partial charge in [0.2, 0.25) is 3.79 Å². The lowest BCUT2D eigenvalue weighted by molar-refractivity contribution is 0.132. The van der Waals surface area contributed by atoms with Gasteiger partial charge >= 0.3 is 0 Å². The van der Waals surface area contributed by atoms with Crippen molar-refractivity contribution in [3.05, 3.63) is 0 Å². The van der Waals surface area contributed by atoms with Crippen LogP contribution in [0.5, 0.6) is 0 Å². The lowest BCUT2D eigenvalue weighted by Crippen LogP contribution is -2.49. The number of hydrogen-bond donors (Lipinski definition) is 0. The smallest absolute Gasteiger partial charge is 0.230 e. The van der Waals surface area contributed by atoms with Crippen molar-refractivity contribution < 1.29 is 0 Å². The predicted octanol–water partition coefficient (Wildman–Crippen LogP) is 3.45. The van der Waals surface area contributed by atoms with Gasteiger partial charge in [-0.15, -0.1) is 0 Å². The Balaban J connectivity index is 2.68. The first-order valence-corrected chi connectivity index (χ1v) is 6.77. The second kappa shape index (κ2) is 6.18. The normalized spacial score (nSPS) is 20.9. The summed E-state index contributed by atoms with van der Waals surface area (Å²) in [5.74, 6) is 0. The SMILES string of the molecule is CCCCN1N=CN(CCC)C1C(Cl)(Cl)Cl. The minimum Gasteiger partial charge on any atom is -0.336 e. The molecule has 1 unspecified atom stereocenters. The summed E-state index contributed by atoms with van der Waals surface area (Å²) in [6, 6.07) is 0. The molecule has 1 atom stereocenters. The quantitative estimate of drug-likeness (QED) is 0.721. The summed E-state index contributed by atoms with van der Waals surface area (Å²) in [5.41, 5.74) is 0. The van der Waals surface area contributed by atoms with E-state index in [0.29, 0.717) is 0 Å². The van der Waals surface area contributed by atoms with Crippen LogP contribution >= 0.6 is 34.8 Å². The third kappa shape index (κ3) is 3.57. The van der Waals surface area contributed by atoms with Gasteiger partial charge in [0.05, 0.1) is 0 Å². The fourth-order valence-corrected chi connectivity index (χ4v) is 2.44. The van der Waals surface area contributed by atoms with E-state index >= 15 is 0 Å². The molecule has 0 bridgehead atoms. The van der Waals surface area contributed by atoms with Crippen molar-refractivity contribution in [3.63, 3.8) is 0 Å². The predicted molar refractivity (Wildman–Crippen MR) is 71.2 cm³/mol. The fourth-order valence-electron chi connectivity index (χ4n) is 1.73. The van der Waals surface area contributed by atoms with Crippen molar-refractivity contribution in [3.8, 4) is 0 Å². The van der Waals surface area contributed by atoms with Crippen LogP contribution in [-0.2, 0) is 0 Å². The third-order valence-electron chi connectivity index (χ3n) is 2.46. The highest BCUT2D eigenvalue weighted by Crippen LogP contribution is 2.37. The van der Waals surface area contributed by atoms with E-state index in [0.717, 1.165) is 32.4 Å². The Bertz CT molecular complexity index is 240. The average Bonchev–Trinajstić information content (AvgIpc) is 2.58. The van der Waals surface area contributed by atoms with Gasteiger partial charge in [-0.2, -0.15) is 5.10 Å². The van der Waals surface area contributed by atoms with Crippen LogP contribution in [0, 0.1) is 0 Å². The van der Waals surface area contributed by atoms with Gasteiger partial charge in [0, 0.05) is 13.1 Å². The molecule has 0 aromatic carbocycles. The molecule has 0 spiro atoms. The number of hydrazone groups is 1. The maximum absolute atomic E-state index is 6.01. The van der Waals surface area contributed by atoms with Crippen molar-refractivity contribution in [2.75, 3.05) is 13.1 Å². The number of nitrogens with zero attached hydrogens (tertiary/aromatic N) is 3. The monoisotopic (exact) mass is 285 g/mol. The molecule has 16 heavy (non-hydrogen) atoms. The van der Waals surface area contributed by atoms with Gasteiger partial charge in [0.1, 0.15) is 6.34 Å². The zero-order valence-corrected chi connectivity index (χ0v) is 11.9. The molecule has 0 aromatic rings. The zero-order chi connectivity index (χ0) is 12.2. The summed E-state index contributed by atoms with van der Waals surface area (Å²) >= 11 is 18.0. The Morgan fingerprint density at radius 3 is 2.38 bits per heavy atom. The van der Waals surface area contributed by atoms with E-state index in [1.807, 2.05) is 9.91 Å². The van der Waals surface area contributed by atoms with Crippen LogP contribution in [0.15, 0.2) is 5.10 Å². The fraction of sp³-hybridized carbons (Fsp3) is 0.900. The summed E-state index contributed by atoms with van der Waals surface area (Å²) in [6.45, 7) is 5.91. The first kappa shape index (κ1) is 14.2. The minimum absolute atomic E-state index is 0.274. The standard InChI is InChI=1S/C10H18Cl3N3/c1-3-5-7-16-9(10(11,12)13)15(6-4-2)8-14-16/h8-9H,3-7H2,1-2H3. The van der Waals surface area contributed by atoms with Crippen LogP contribution in [0.25, 0.3) is 0 Å². The summed E-state index contributed by atoms with van der Waals surface area (Å²) in [5, 5.41) is 6.17. The van der Waals surface area contributed by atoms with E-state index in [1.165, 1.54) is 0 Å². The number of halogens is 3. The van der Waals surface area contributed by atoms with E-state index in [2.05, 4.69) is 18.9 Å². The van der Waals surface area contributed by atoms with Gasteiger partial charge in [-0.05, 0) is 12.8 Å². The number of alkyl halides is 3. The number of hydrogen-bond acceptors (Lipinski definition) is 3. The lowest BCUT2D eigenvalue weighted by atomic mass is 10.3. The van der Waals surface area contributed by atoms with E-state index in [1.54, 1.807) is 6.34 Å². The Hall–Kier alpha value is 0.140. The third-order valence-corrected chi connectivity index (χ3v) is 3.05. The number of unbranched alkanes of at least 4 members (excludes halogenated alkanes) is 1. The molecule has 1 heterocycles. The molecule has 0 N–H and O–H groups in total. The molecule has 1 aliphatic rings. The minimum atomic E-state index is -1.33. The molecule has 0 saturated carbocycles. The van der Waals surface area contributed by atoms with E-state index in [4.69, 9.17) is 34.8 Å². The van der Waals surface area contributed by atoms with E-state index in [9.17, 15) is 0 Å². The van der Waals surface area contributed by atoms with Crippen molar-refractivity contribution in [2.24, 2.45) is 5.10 Å². The van der Waals surface area contributed by atoms with Gasteiger partial charge in [-0.1, -0.05) is 55.1 Å². The molecule has 0 fully saturated rings. The van der Waals surface area contributed by atoms with Crippen molar-refractivity contribution in [1.82, 2.24) is 9.91 Å². The van der Waals surface area contributed by atoms with Crippen LogP contribution in [0.2, 0.25) is 0 Å².